The molecule has 0 aliphatic heterocycles. The fourth-order valence-corrected chi connectivity index (χ4v) is 8.34. The molecule has 1 N–H and O–H groups in total. The van der Waals surface area contributed by atoms with E-state index in [1.807, 2.05) is 0 Å². The Morgan fingerprint density at radius 1 is 0.880 bits per heavy atom. The Labute approximate surface area is 156 Å². The molecule has 0 aliphatic carbocycles. The molecule has 142 valence electrons. The number of para-hydroxylation sites is 1. The van der Waals surface area contributed by atoms with Gasteiger partial charge in [0.2, 0.25) is 0 Å². The molecule has 1 aromatic rings. The molecule has 1 amide bonds. The number of nitrogens with one attached hydrogen (secondary N) is 1. The van der Waals surface area contributed by atoms with Gasteiger partial charge in [-0.2, -0.15) is 0 Å². The summed E-state index contributed by atoms with van der Waals surface area (Å²) in [5.41, 5.74) is 3.34. The highest BCUT2D eigenvalue weighted by Crippen LogP contribution is 2.60. The zero-order valence-corrected chi connectivity index (χ0v) is 18.1. The molecule has 0 atom stereocenters. The second-order valence-corrected chi connectivity index (χ2v) is 11.9. The minimum absolute atomic E-state index is 0.244. The molecular formula is C22H39NOP+. The topological polar surface area (TPSA) is 29.1 Å². The molecule has 0 radical (unpaired) electrons. The Balaban J connectivity index is 2.90. The van der Waals surface area contributed by atoms with Gasteiger partial charge in [-0.3, -0.25) is 4.79 Å². The molecule has 0 saturated heterocycles. The van der Waals surface area contributed by atoms with Crippen molar-refractivity contribution >= 4 is 18.9 Å². The van der Waals surface area contributed by atoms with Gasteiger partial charge in [0.1, 0.15) is 6.16 Å². The van der Waals surface area contributed by atoms with E-state index in [2.05, 4.69) is 58.1 Å². The van der Waals surface area contributed by atoms with Crippen LogP contribution in [0.5, 0.6) is 0 Å². The third kappa shape index (κ3) is 7.48. The van der Waals surface area contributed by atoms with Crippen molar-refractivity contribution in [1.29, 1.82) is 0 Å². The number of hydrogen-bond acceptors (Lipinski definition) is 1. The van der Waals surface area contributed by atoms with Gasteiger partial charge < -0.3 is 5.32 Å². The molecule has 0 bridgehead atoms. The zero-order chi connectivity index (χ0) is 18.7. The van der Waals surface area contributed by atoms with Gasteiger partial charge >= 0.3 is 0 Å². The van der Waals surface area contributed by atoms with Crippen LogP contribution in [0.2, 0.25) is 0 Å². The van der Waals surface area contributed by atoms with E-state index in [1.54, 1.807) is 0 Å². The van der Waals surface area contributed by atoms with Gasteiger partial charge in [-0.15, -0.1) is 0 Å². The summed E-state index contributed by atoms with van der Waals surface area (Å²) in [7, 11) is -1.18. The molecule has 1 aromatic carbocycles. The number of aryl methyl sites for hydroxylation is 2. The van der Waals surface area contributed by atoms with E-state index in [-0.39, 0.29) is 5.91 Å². The van der Waals surface area contributed by atoms with Crippen molar-refractivity contribution < 1.29 is 4.79 Å². The summed E-state index contributed by atoms with van der Waals surface area (Å²) in [5, 5.41) is 3.25. The van der Waals surface area contributed by atoms with Crippen LogP contribution in [0.15, 0.2) is 18.2 Å². The standard InChI is InChI=1S/C22H38NOP/c1-6-9-15-25(16-10-7-2,17-11-8-3)18-21(24)23-22-19(4)13-12-14-20(22)5/h12-14H,6-11,15-18H2,1-5H3/p+1. The molecular weight excluding hydrogens is 325 g/mol. The van der Waals surface area contributed by atoms with Crippen molar-refractivity contribution in [2.24, 2.45) is 0 Å². The first-order chi connectivity index (χ1) is 12.0. The van der Waals surface area contributed by atoms with Crippen LogP contribution in [0.1, 0.15) is 70.4 Å². The lowest BCUT2D eigenvalue weighted by molar-refractivity contribution is -0.113. The number of amides is 1. The van der Waals surface area contributed by atoms with Crippen LogP contribution >= 0.6 is 7.26 Å². The zero-order valence-electron chi connectivity index (χ0n) is 17.2. The van der Waals surface area contributed by atoms with E-state index in [1.165, 1.54) is 57.0 Å². The number of carbonyl (C=O) groups is 1. The third-order valence-electron chi connectivity index (χ3n) is 5.18. The Kier molecular flexibility index (Phi) is 10.4. The summed E-state index contributed by atoms with van der Waals surface area (Å²) in [6.45, 7) is 11.0. The van der Waals surface area contributed by atoms with Gasteiger partial charge in [0.25, 0.3) is 5.91 Å². The quantitative estimate of drug-likeness (QED) is 0.413. The third-order valence-corrected chi connectivity index (χ3v) is 9.94. The maximum absolute atomic E-state index is 12.9. The van der Waals surface area contributed by atoms with E-state index in [9.17, 15) is 4.79 Å². The largest absolute Gasteiger partial charge is 0.322 e. The van der Waals surface area contributed by atoms with E-state index in [0.717, 1.165) is 23.0 Å². The van der Waals surface area contributed by atoms with Gasteiger partial charge in [0.05, 0.1) is 18.5 Å². The van der Waals surface area contributed by atoms with Gasteiger partial charge in [0, 0.05) is 12.9 Å². The molecule has 0 unspecified atom stereocenters. The normalized spacial score (nSPS) is 11.6. The summed E-state index contributed by atoms with van der Waals surface area (Å²) in [6, 6.07) is 6.22. The fourth-order valence-electron chi connectivity index (χ4n) is 3.55. The van der Waals surface area contributed by atoms with Crippen molar-refractivity contribution in [2.75, 3.05) is 30.0 Å². The van der Waals surface area contributed by atoms with Crippen LogP contribution < -0.4 is 5.32 Å². The predicted molar refractivity (Wildman–Crippen MR) is 116 cm³/mol. The average Bonchev–Trinajstić information content (AvgIpc) is 2.59. The summed E-state index contributed by atoms with van der Waals surface area (Å²) in [6.07, 6.45) is 12.2. The van der Waals surface area contributed by atoms with E-state index in [4.69, 9.17) is 0 Å². The fraction of sp³-hybridized carbons (Fsp3) is 0.682. The summed E-state index contributed by atoms with van der Waals surface area (Å²) in [4.78, 5) is 12.9. The Morgan fingerprint density at radius 3 is 1.72 bits per heavy atom. The van der Waals surface area contributed by atoms with Crippen LogP contribution in [0.3, 0.4) is 0 Å². The average molecular weight is 365 g/mol. The Hall–Kier alpha value is -0.880. The van der Waals surface area contributed by atoms with Crippen molar-refractivity contribution in [2.45, 2.75) is 73.1 Å². The highest BCUT2D eigenvalue weighted by Gasteiger charge is 2.38. The molecule has 0 fully saturated rings. The van der Waals surface area contributed by atoms with Crippen LogP contribution in [0.25, 0.3) is 0 Å². The first kappa shape index (κ1) is 22.2. The number of anilines is 1. The SMILES string of the molecule is CCCC[P+](CCCC)(CCCC)CC(=O)Nc1c(C)cccc1C. The lowest BCUT2D eigenvalue weighted by Gasteiger charge is -2.27. The van der Waals surface area contributed by atoms with Gasteiger partial charge in [-0.1, -0.05) is 58.2 Å². The van der Waals surface area contributed by atoms with Crippen LogP contribution in [-0.2, 0) is 4.79 Å². The molecule has 25 heavy (non-hydrogen) atoms. The van der Waals surface area contributed by atoms with Gasteiger partial charge in [-0.05, 0) is 44.2 Å². The monoisotopic (exact) mass is 364 g/mol. The number of unbranched alkanes of at least 4 members (excludes halogenated alkanes) is 3. The van der Waals surface area contributed by atoms with Crippen molar-refractivity contribution in [3.05, 3.63) is 29.3 Å². The van der Waals surface area contributed by atoms with Gasteiger partial charge in [-0.25, -0.2) is 0 Å². The predicted octanol–water partition coefficient (Wildman–Crippen LogP) is 6.66. The van der Waals surface area contributed by atoms with Gasteiger partial charge in [0.15, 0.2) is 0 Å². The highest BCUT2D eigenvalue weighted by atomic mass is 31.2. The molecule has 0 spiro atoms. The lowest BCUT2D eigenvalue weighted by Crippen LogP contribution is -2.24. The first-order valence-electron chi connectivity index (χ1n) is 10.2. The van der Waals surface area contributed by atoms with E-state index < -0.39 is 7.26 Å². The highest BCUT2D eigenvalue weighted by molar-refractivity contribution is 7.76. The van der Waals surface area contributed by atoms with E-state index in [0.29, 0.717) is 0 Å². The van der Waals surface area contributed by atoms with Crippen molar-refractivity contribution in [3.63, 3.8) is 0 Å². The maximum atomic E-state index is 12.9. The summed E-state index contributed by atoms with van der Waals surface area (Å²) < 4.78 is 0. The van der Waals surface area contributed by atoms with E-state index >= 15 is 0 Å². The van der Waals surface area contributed by atoms with Crippen LogP contribution in [0.4, 0.5) is 5.69 Å². The minimum Gasteiger partial charge on any atom is -0.322 e. The summed E-state index contributed by atoms with van der Waals surface area (Å²) >= 11 is 0. The summed E-state index contributed by atoms with van der Waals surface area (Å²) in [5.74, 6) is 0.244. The Morgan fingerprint density at radius 2 is 1.32 bits per heavy atom. The van der Waals surface area contributed by atoms with Crippen molar-refractivity contribution in [3.8, 4) is 0 Å². The molecule has 0 heterocycles. The minimum atomic E-state index is -1.18. The second-order valence-electron chi connectivity index (χ2n) is 7.55. The molecule has 1 rings (SSSR count). The smallest absolute Gasteiger partial charge is 0.261 e. The maximum Gasteiger partial charge on any atom is 0.261 e. The van der Waals surface area contributed by atoms with Crippen molar-refractivity contribution in [1.82, 2.24) is 0 Å². The number of rotatable bonds is 12. The molecule has 3 heteroatoms. The van der Waals surface area contributed by atoms with Crippen LogP contribution in [0, 0.1) is 13.8 Å². The number of hydrogen-bond donors (Lipinski definition) is 1. The van der Waals surface area contributed by atoms with Crippen LogP contribution in [-0.4, -0.2) is 30.6 Å². The molecule has 0 saturated carbocycles. The Bertz CT molecular complexity index is 485. The number of carbonyl (C=O) groups excluding carboxylic acids is 1. The first-order valence-corrected chi connectivity index (χ1v) is 12.7. The molecule has 0 aliphatic rings. The number of benzene rings is 1. The lowest BCUT2D eigenvalue weighted by atomic mass is 10.1. The molecule has 2 nitrogen and oxygen atoms in total. The molecule has 0 aromatic heterocycles. The second kappa shape index (κ2) is 11.7.